The molecule has 0 bridgehead atoms. The van der Waals surface area contributed by atoms with Gasteiger partial charge < -0.3 is 0 Å². The van der Waals surface area contributed by atoms with Crippen molar-refractivity contribution < 1.29 is 0 Å². The molecule has 7 aromatic rings. The van der Waals surface area contributed by atoms with Crippen LogP contribution in [0.3, 0.4) is 0 Å². The van der Waals surface area contributed by atoms with Gasteiger partial charge in [0, 0.05) is 28.9 Å². The van der Waals surface area contributed by atoms with E-state index >= 15 is 0 Å². The van der Waals surface area contributed by atoms with Crippen LogP contribution in [0.1, 0.15) is 25.0 Å². The maximum Gasteiger partial charge on any atom is 0.115 e. The Morgan fingerprint density at radius 1 is 0.439 bits per heavy atom. The number of aromatic nitrogens is 2. The number of hydrogen-bond donors (Lipinski definition) is 0. The molecule has 1 heterocycles. The number of nitrogens with zero attached hydrogens (tertiary/aromatic N) is 2. The molecule has 0 spiro atoms. The topological polar surface area (TPSA) is 25.8 Å². The van der Waals surface area contributed by atoms with E-state index in [0.29, 0.717) is 0 Å². The molecule has 194 valence electrons. The fraction of sp³-hybridized carbons (Fsp3) is 0.0769. The van der Waals surface area contributed by atoms with Crippen LogP contribution in [0.5, 0.6) is 0 Å². The summed E-state index contributed by atoms with van der Waals surface area (Å²) in [6.07, 6.45) is 5.44. The summed E-state index contributed by atoms with van der Waals surface area (Å²) in [4.78, 5) is 8.77. The van der Waals surface area contributed by atoms with E-state index in [1.807, 2.05) is 12.4 Å². The first-order valence-corrected chi connectivity index (χ1v) is 14.2. The highest BCUT2D eigenvalue weighted by Crippen LogP contribution is 2.51. The standard InChI is InChI=1S/C39H28N2/c1-39(2)35-15-9-8-12-29(35)33-21-27(17-19-36(33)39)37-30-13-6-7-14-31(30)38(28-22-40-24-41-23-28)32-18-16-26(20-34(32)37)25-10-4-3-5-11-25/h3-24H,1-2H3. The molecular weight excluding hydrogens is 496 g/mol. The Morgan fingerprint density at radius 3 is 1.83 bits per heavy atom. The van der Waals surface area contributed by atoms with E-state index in [1.54, 1.807) is 6.33 Å². The SMILES string of the molecule is CC1(C)c2ccccc2-c2cc(-c3c4ccccc4c(-c4cncnc4)c4ccc(-c5ccccc5)cc34)ccc21. The maximum atomic E-state index is 4.38. The molecule has 1 aromatic heterocycles. The minimum atomic E-state index is -0.0216. The van der Waals surface area contributed by atoms with Gasteiger partial charge in [-0.1, -0.05) is 117 Å². The highest BCUT2D eigenvalue weighted by molar-refractivity contribution is 6.22. The maximum absolute atomic E-state index is 4.38. The summed E-state index contributed by atoms with van der Waals surface area (Å²) in [6, 6.07) is 42.3. The highest BCUT2D eigenvalue weighted by atomic mass is 14.8. The van der Waals surface area contributed by atoms with E-state index < -0.39 is 0 Å². The monoisotopic (exact) mass is 524 g/mol. The van der Waals surface area contributed by atoms with Crippen LogP contribution in [-0.2, 0) is 5.41 Å². The van der Waals surface area contributed by atoms with Gasteiger partial charge in [0.15, 0.2) is 0 Å². The van der Waals surface area contributed by atoms with E-state index in [4.69, 9.17) is 0 Å². The van der Waals surface area contributed by atoms with Crippen molar-refractivity contribution in [2.45, 2.75) is 19.3 Å². The molecule has 0 fully saturated rings. The molecule has 0 saturated carbocycles. The van der Waals surface area contributed by atoms with Gasteiger partial charge in [-0.15, -0.1) is 0 Å². The molecule has 41 heavy (non-hydrogen) atoms. The lowest BCUT2D eigenvalue weighted by atomic mass is 9.81. The van der Waals surface area contributed by atoms with E-state index in [0.717, 1.165) is 5.56 Å². The summed E-state index contributed by atoms with van der Waals surface area (Å²) < 4.78 is 0. The quantitative estimate of drug-likeness (QED) is 0.215. The molecule has 8 rings (SSSR count). The molecule has 0 amide bonds. The zero-order valence-corrected chi connectivity index (χ0v) is 23.1. The first-order valence-electron chi connectivity index (χ1n) is 14.2. The average Bonchev–Trinajstić information content (AvgIpc) is 3.26. The van der Waals surface area contributed by atoms with Crippen LogP contribution in [0.25, 0.3) is 66.1 Å². The Balaban J connectivity index is 1.49. The molecule has 2 nitrogen and oxygen atoms in total. The molecule has 1 aliphatic rings. The highest BCUT2D eigenvalue weighted by Gasteiger charge is 2.35. The van der Waals surface area contributed by atoms with Gasteiger partial charge in [-0.2, -0.15) is 0 Å². The van der Waals surface area contributed by atoms with Crippen LogP contribution in [-0.4, -0.2) is 9.97 Å². The summed E-state index contributed by atoms with van der Waals surface area (Å²) in [7, 11) is 0. The summed E-state index contributed by atoms with van der Waals surface area (Å²) in [5.74, 6) is 0. The molecule has 0 atom stereocenters. The summed E-state index contributed by atoms with van der Waals surface area (Å²) in [5.41, 5.74) is 12.5. The van der Waals surface area contributed by atoms with Crippen molar-refractivity contribution in [3.8, 4) is 44.5 Å². The number of fused-ring (bicyclic) bond motifs is 5. The van der Waals surface area contributed by atoms with Crippen molar-refractivity contribution in [2.24, 2.45) is 0 Å². The molecule has 0 N–H and O–H groups in total. The fourth-order valence-electron chi connectivity index (χ4n) is 6.91. The zero-order valence-electron chi connectivity index (χ0n) is 23.1. The molecule has 0 radical (unpaired) electrons. The number of rotatable bonds is 3. The van der Waals surface area contributed by atoms with Gasteiger partial charge in [0.2, 0.25) is 0 Å². The summed E-state index contributed by atoms with van der Waals surface area (Å²) >= 11 is 0. The molecule has 6 aromatic carbocycles. The lowest BCUT2D eigenvalue weighted by molar-refractivity contribution is 0.660. The van der Waals surface area contributed by atoms with Crippen LogP contribution < -0.4 is 0 Å². The van der Waals surface area contributed by atoms with Crippen LogP contribution in [0.15, 0.2) is 134 Å². The lowest BCUT2D eigenvalue weighted by Gasteiger charge is -2.22. The van der Waals surface area contributed by atoms with Crippen molar-refractivity contribution >= 4 is 21.5 Å². The second kappa shape index (κ2) is 8.97. The minimum Gasteiger partial charge on any atom is -0.244 e. The summed E-state index contributed by atoms with van der Waals surface area (Å²) in [5, 5.41) is 4.87. The molecule has 2 heteroatoms. The van der Waals surface area contributed by atoms with Crippen LogP contribution in [0, 0.1) is 0 Å². The average molecular weight is 525 g/mol. The molecule has 1 aliphatic carbocycles. The van der Waals surface area contributed by atoms with Crippen molar-refractivity contribution in [3.05, 3.63) is 145 Å². The second-order valence-electron chi connectivity index (χ2n) is 11.5. The lowest BCUT2D eigenvalue weighted by Crippen LogP contribution is -2.14. The predicted octanol–water partition coefficient (Wildman–Crippen LogP) is 10.1. The van der Waals surface area contributed by atoms with Crippen molar-refractivity contribution in [1.82, 2.24) is 9.97 Å². The Kier molecular flexibility index (Phi) is 5.20. The Hall–Kier alpha value is -5.08. The van der Waals surface area contributed by atoms with Crippen molar-refractivity contribution in [2.75, 3.05) is 0 Å². The number of benzene rings is 6. The van der Waals surface area contributed by atoms with Gasteiger partial charge in [-0.05, 0) is 78.2 Å². The predicted molar refractivity (Wildman–Crippen MR) is 171 cm³/mol. The minimum absolute atomic E-state index is 0.0216. The van der Waals surface area contributed by atoms with Crippen molar-refractivity contribution in [1.29, 1.82) is 0 Å². The molecular formula is C39H28N2. The number of hydrogen-bond acceptors (Lipinski definition) is 2. The van der Waals surface area contributed by atoms with E-state index in [-0.39, 0.29) is 5.41 Å². The summed E-state index contributed by atoms with van der Waals surface area (Å²) in [6.45, 7) is 4.68. The van der Waals surface area contributed by atoms with Crippen LogP contribution in [0.4, 0.5) is 0 Å². The third-order valence-electron chi connectivity index (χ3n) is 8.85. The first kappa shape index (κ1) is 23.8. The van der Waals surface area contributed by atoms with Gasteiger partial charge in [0.1, 0.15) is 6.33 Å². The second-order valence-corrected chi connectivity index (χ2v) is 11.5. The van der Waals surface area contributed by atoms with Crippen LogP contribution >= 0.6 is 0 Å². The molecule has 0 aliphatic heterocycles. The largest absolute Gasteiger partial charge is 0.244 e. The van der Waals surface area contributed by atoms with E-state index in [2.05, 4.69) is 139 Å². The zero-order chi connectivity index (χ0) is 27.6. The smallest absolute Gasteiger partial charge is 0.115 e. The Bertz CT molecular complexity index is 2110. The Morgan fingerprint density at radius 2 is 1.05 bits per heavy atom. The van der Waals surface area contributed by atoms with Gasteiger partial charge in [-0.25, -0.2) is 9.97 Å². The molecule has 0 saturated heterocycles. The Labute approximate surface area is 240 Å². The molecule has 0 unspecified atom stereocenters. The van der Waals surface area contributed by atoms with Gasteiger partial charge in [0.25, 0.3) is 0 Å². The van der Waals surface area contributed by atoms with Gasteiger partial charge in [0.05, 0.1) is 0 Å². The van der Waals surface area contributed by atoms with E-state index in [1.165, 1.54) is 71.6 Å². The third-order valence-corrected chi connectivity index (χ3v) is 8.85. The third kappa shape index (κ3) is 3.57. The van der Waals surface area contributed by atoms with E-state index in [9.17, 15) is 0 Å². The van der Waals surface area contributed by atoms with Gasteiger partial charge in [-0.3, -0.25) is 0 Å². The van der Waals surface area contributed by atoms with Crippen LogP contribution in [0.2, 0.25) is 0 Å². The first-order chi connectivity index (χ1) is 20.1. The van der Waals surface area contributed by atoms with Gasteiger partial charge >= 0.3 is 0 Å². The van der Waals surface area contributed by atoms with Crippen molar-refractivity contribution in [3.63, 3.8) is 0 Å². The fourth-order valence-corrected chi connectivity index (χ4v) is 6.91. The normalized spacial score (nSPS) is 13.3.